The van der Waals surface area contributed by atoms with Crippen molar-refractivity contribution in [1.29, 1.82) is 0 Å². The zero-order valence-electron chi connectivity index (χ0n) is 22.7. The van der Waals surface area contributed by atoms with Crippen LogP contribution in [0.5, 0.6) is 0 Å². The number of rotatable bonds is 10. The summed E-state index contributed by atoms with van der Waals surface area (Å²) in [6.45, 7) is 6.78. The summed E-state index contributed by atoms with van der Waals surface area (Å²) in [7, 11) is 0. The normalized spacial score (nSPS) is 15.8. The van der Waals surface area contributed by atoms with E-state index in [-0.39, 0.29) is 72.7 Å². The summed E-state index contributed by atoms with van der Waals surface area (Å²) in [5.74, 6) is -3.01. The van der Waals surface area contributed by atoms with Crippen LogP contribution in [-0.4, -0.2) is 117 Å². The second-order valence-corrected chi connectivity index (χ2v) is 10.4. The number of aryl methyl sites for hydroxylation is 1. The van der Waals surface area contributed by atoms with E-state index in [1.54, 1.807) is 35.5 Å². The molecule has 0 unspecified atom stereocenters. The molecule has 2 rings (SSSR count). The first-order valence-electron chi connectivity index (χ1n) is 12.6. The summed E-state index contributed by atoms with van der Waals surface area (Å²) in [5, 5.41) is 30.8. The van der Waals surface area contributed by atoms with Crippen molar-refractivity contribution < 1.29 is 79.2 Å². The number of ether oxygens (including phenoxy) is 1. The molecule has 4 N–H and O–H groups in total. The van der Waals surface area contributed by atoms with Crippen molar-refractivity contribution in [1.82, 2.24) is 25.0 Å². The molecule has 0 atom stereocenters. The zero-order valence-corrected chi connectivity index (χ0v) is 24.9. The van der Waals surface area contributed by atoms with Gasteiger partial charge in [-0.25, -0.2) is 4.79 Å². The average Bonchev–Trinajstić information content (AvgIpc) is 2.75. The molecule has 0 aliphatic carbocycles. The largest absolute Gasteiger partial charge is 0.480 e. The van der Waals surface area contributed by atoms with Gasteiger partial charge in [0.1, 0.15) is 5.60 Å². The van der Waals surface area contributed by atoms with E-state index in [2.05, 4.69) is 10.3 Å². The van der Waals surface area contributed by atoms with Gasteiger partial charge >= 0.3 is 24.0 Å². The topological polar surface area (TPSA) is 173 Å². The van der Waals surface area contributed by atoms with E-state index in [0.29, 0.717) is 57.0 Å². The number of hydrogen-bond acceptors (Lipinski definition) is 9. The molecule has 0 fully saturated rings. The molecule has 13 nitrogen and oxygen atoms in total. The molecule has 0 radical (unpaired) electrons. The molecule has 0 saturated heterocycles. The number of carbonyl (C=O) groups is 4. The van der Waals surface area contributed by atoms with Crippen molar-refractivity contribution in [3.05, 3.63) is 29.1 Å². The molecule has 1 amide bonds. The summed E-state index contributed by atoms with van der Waals surface area (Å²) < 4.78 is 5.25. The number of nitrogens with zero attached hydrogens (tertiary/aromatic N) is 4. The number of aromatic nitrogens is 1. The number of pyridine rings is 1. The third-order valence-electron chi connectivity index (χ3n) is 5.61. The average molecular weight is 695 g/mol. The fourth-order valence-corrected chi connectivity index (χ4v) is 4.12. The quantitative estimate of drug-likeness (QED) is 0.253. The van der Waals surface area contributed by atoms with Crippen LogP contribution in [0.2, 0.25) is 0 Å². The Hall–Kier alpha value is -1.97. The third-order valence-corrected chi connectivity index (χ3v) is 5.61. The van der Waals surface area contributed by atoms with Gasteiger partial charge in [-0.3, -0.25) is 34.1 Å². The van der Waals surface area contributed by atoms with E-state index in [0.717, 1.165) is 5.56 Å². The molecule has 14 heteroatoms. The minimum absolute atomic E-state index is 0. The van der Waals surface area contributed by atoms with Crippen LogP contribution in [0.3, 0.4) is 0 Å². The van der Waals surface area contributed by atoms with Crippen LogP contribution < -0.4 is 5.32 Å². The Kier molecular flexibility index (Phi) is 15.3. The summed E-state index contributed by atoms with van der Waals surface area (Å²) >= 11 is 0. The van der Waals surface area contributed by atoms with E-state index in [1.165, 1.54) is 0 Å². The molecule has 220 valence electrons. The van der Waals surface area contributed by atoms with Crippen LogP contribution in [0.15, 0.2) is 12.1 Å². The molecule has 1 aliphatic heterocycles. The smallest absolute Gasteiger partial charge is 0.407 e. The van der Waals surface area contributed by atoms with Crippen molar-refractivity contribution in [2.24, 2.45) is 0 Å². The van der Waals surface area contributed by atoms with Gasteiger partial charge in [0.25, 0.3) is 0 Å². The van der Waals surface area contributed by atoms with Gasteiger partial charge in [0.15, 0.2) is 0 Å². The maximum Gasteiger partial charge on any atom is 0.407 e. The van der Waals surface area contributed by atoms with E-state index in [1.807, 2.05) is 12.1 Å². The van der Waals surface area contributed by atoms with E-state index in [9.17, 15) is 34.5 Å². The molecule has 2 bridgehead atoms. The minimum atomic E-state index is -1.01. The third kappa shape index (κ3) is 15.4. The molecule has 1 aromatic rings. The van der Waals surface area contributed by atoms with Crippen molar-refractivity contribution in [2.75, 3.05) is 52.4 Å². The standard InChI is InChI=1S/C25H39N5O8.Gd/c1-25(2,3)38-24(37)26-6-4-5-18-11-19-13-29(16-22(33)34)9-7-28(15-21(31)32)8-10-30(17-23(35)36)14-20(12-18)27-19;/h11-12H,4-10,13-17H2,1-3H3,(H,26,37)(H,31,32)(H,33,34)(H,35,36);. The van der Waals surface area contributed by atoms with Gasteiger partial charge in [0.2, 0.25) is 0 Å². The van der Waals surface area contributed by atoms with Crippen LogP contribution in [0.1, 0.15) is 44.1 Å². The van der Waals surface area contributed by atoms with Crippen LogP contribution in [0, 0.1) is 39.9 Å². The fraction of sp³-hybridized carbons (Fsp3) is 0.640. The van der Waals surface area contributed by atoms with Crippen LogP contribution in [-0.2, 0) is 38.6 Å². The summed E-state index contributed by atoms with van der Waals surface area (Å²) in [4.78, 5) is 56.0. The number of carboxylic acids is 3. The van der Waals surface area contributed by atoms with Crippen LogP contribution >= 0.6 is 0 Å². The molecule has 39 heavy (non-hydrogen) atoms. The number of aliphatic carboxylic acids is 3. The number of carboxylic acid groups (broad SMARTS) is 3. The number of carbonyl (C=O) groups excluding carboxylic acids is 1. The summed E-state index contributed by atoms with van der Waals surface area (Å²) in [6.07, 6.45) is 0.751. The van der Waals surface area contributed by atoms with Crippen molar-refractivity contribution in [3.8, 4) is 0 Å². The first-order valence-corrected chi connectivity index (χ1v) is 12.6. The Balaban J connectivity index is 0.00000760. The molecule has 2 heterocycles. The number of hydrogen-bond donors (Lipinski definition) is 4. The van der Waals surface area contributed by atoms with Gasteiger partial charge in [0, 0.05) is 85.8 Å². The second kappa shape index (κ2) is 17.0. The number of amides is 1. The van der Waals surface area contributed by atoms with Crippen molar-refractivity contribution in [2.45, 2.75) is 52.3 Å². The monoisotopic (exact) mass is 695 g/mol. The molecule has 0 aromatic carbocycles. The molecule has 0 saturated carbocycles. The molecular weight excluding hydrogens is 656 g/mol. The van der Waals surface area contributed by atoms with Crippen molar-refractivity contribution >= 4 is 24.0 Å². The van der Waals surface area contributed by atoms with Crippen LogP contribution in [0.4, 0.5) is 4.79 Å². The first kappa shape index (κ1) is 35.1. The number of fused-ring (bicyclic) bond motifs is 2. The fourth-order valence-electron chi connectivity index (χ4n) is 4.12. The van der Waals surface area contributed by atoms with Gasteiger partial charge < -0.3 is 25.4 Å². The van der Waals surface area contributed by atoms with E-state index in [4.69, 9.17) is 4.74 Å². The molecule has 1 aliphatic rings. The number of nitrogens with one attached hydrogen (secondary N) is 1. The van der Waals surface area contributed by atoms with Gasteiger partial charge in [0.05, 0.1) is 31.0 Å². The summed E-state index contributed by atoms with van der Waals surface area (Å²) in [5.41, 5.74) is 1.63. The second-order valence-electron chi connectivity index (χ2n) is 10.4. The molecular formula is C25H39GdN5O8. The predicted molar refractivity (Wildman–Crippen MR) is 137 cm³/mol. The Morgan fingerprint density at radius 1 is 0.846 bits per heavy atom. The van der Waals surface area contributed by atoms with Gasteiger partial charge in [-0.2, -0.15) is 0 Å². The van der Waals surface area contributed by atoms with Gasteiger partial charge in [-0.05, 0) is 51.3 Å². The first-order chi connectivity index (χ1) is 17.8. The predicted octanol–water partition coefficient (Wildman–Crippen LogP) is 0.712. The SMILES string of the molecule is CC(C)(C)OC(=O)NCCCc1cc2nc(c1)CN(CC(=O)O)CCN(CC(=O)O)CCN(CC(=O)O)C2.[Gd]. The Bertz CT molecular complexity index is 939. The Morgan fingerprint density at radius 3 is 1.72 bits per heavy atom. The van der Waals surface area contributed by atoms with Gasteiger partial charge in [-0.15, -0.1) is 0 Å². The number of alkyl carbamates (subject to hydrolysis) is 1. The Labute approximate surface area is 260 Å². The zero-order chi connectivity index (χ0) is 28.3. The van der Waals surface area contributed by atoms with Gasteiger partial charge in [-0.1, -0.05) is 0 Å². The molecule has 1 aromatic heterocycles. The van der Waals surface area contributed by atoms with Crippen LogP contribution in [0.25, 0.3) is 0 Å². The van der Waals surface area contributed by atoms with E-state index < -0.39 is 29.6 Å². The maximum absolute atomic E-state index is 11.9. The maximum atomic E-state index is 11.9. The summed E-state index contributed by atoms with van der Waals surface area (Å²) in [6, 6.07) is 3.77. The minimum Gasteiger partial charge on any atom is -0.480 e. The van der Waals surface area contributed by atoms with E-state index >= 15 is 0 Å². The Morgan fingerprint density at radius 2 is 1.28 bits per heavy atom. The molecule has 0 spiro atoms. The van der Waals surface area contributed by atoms with Crippen molar-refractivity contribution in [3.63, 3.8) is 0 Å².